The number of carboxylic acids is 1. The summed E-state index contributed by atoms with van der Waals surface area (Å²) in [5, 5.41) is 17.5. The first-order valence-electron chi connectivity index (χ1n) is 13.1. The van der Waals surface area contributed by atoms with Crippen LogP contribution in [0.2, 0.25) is 0 Å². The van der Waals surface area contributed by atoms with Gasteiger partial charge in [0, 0.05) is 19.1 Å². The van der Waals surface area contributed by atoms with E-state index in [-0.39, 0.29) is 24.4 Å². The minimum Gasteiger partial charge on any atom is -0.480 e. The number of rotatable bonds is 14. The van der Waals surface area contributed by atoms with Gasteiger partial charge >= 0.3 is 12.1 Å². The maximum absolute atomic E-state index is 13.1. The second kappa shape index (κ2) is 15.0. The van der Waals surface area contributed by atoms with Gasteiger partial charge in [-0.2, -0.15) is 11.8 Å². The Morgan fingerprint density at radius 2 is 1.76 bits per heavy atom. The van der Waals surface area contributed by atoms with Crippen molar-refractivity contribution >= 4 is 40.5 Å². The molecule has 0 saturated heterocycles. The molecular weight excluding hydrogens is 502 g/mol. The molecule has 0 aliphatic rings. The molecule has 9 heteroatoms. The van der Waals surface area contributed by atoms with Crippen molar-refractivity contribution in [3.8, 4) is 0 Å². The number of hydrogen-bond donors (Lipinski definition) is 3. The summed E-state index contributed by atoms with van der Waals surface area (Å²) >= 11 is 1.54. The van der Waals surface area contributed by atoms with Gasteiger partial charge in [-0.05, 0) is 61.5 Å². The number of carboxylic acid groups (broad SMARTS) is 1. The van der Waals surface area contributed by atoms with Gasteiger partial charge in [0.25, 0.3) is 0 Å². The first-order chi connectivity index (χ1) is 17.9. The number of thioether (sulfide) groups is 1. The molecule has 0 aromatic heterocycles. The molecule has 0 fully saturated rings. The molecule has 2 rings (SSSR count). The average Bonchev–Trinajstić information content (AvgIpc) is 2.84. The number of nitrogens with zero attached hydrogens (tertiary/aromatic N) is 1. The summed E-state index contributed by atoms with van der Waals surface area (Å²) < 4.78 is 5.50. The number of hydrogen-bond acceptors (Lipinski definition) is 6. The van der Waals surface area contributed by atoms with Gasteiger partial charge in [-0.1, -0.05) is 62.7 Å². The first-order valence-corrected chi connectivity index (χ1v) is 14.5. The van der Waals surface area contributed by atoms with Crippen molar-refractivity contribution < 1.29 is 24.2 Å². The van der Waals surface area contributed by atoms with E-state index in [1.807, 2.05) is 68.3 Å². The van der Waals surface area contributed by atoms with E-state index in [1.54, 1.807) is 0 Å². The zero-order chi connectivity index (χ0) is 28.3. The van der Waals surface area contributed by atoms with Crippen LogP contribution in [0.4, 0.5) is 4.79 Å². The monoisotopic (exact) mass is 545 g/mol. The summed E-state index contributed by atoms with van der Waals surface area (Å²) in [6, 6.07) is 12.9. The zero-order valence-corrected chi connectivity index (χ0v) is 24.3. The quantitative estimate of drug-likeness (QED) is 0.310. The zero-order valence-electron chi connectivity index (χ0n) is 23.5. The van der Waals surface area contributed by atoms with E-state index < -0.39 is 23.7 Å². The maximum Gasteiger partial charge on any atom is 0.407 e. The van der Waals surface area contributed by atoms with E-state index in [0.717, 1.165) is 22.8 Å². The Bertz CT molecular complexity index is 1070. The fraction of sp³-hybridized carbons (Fsp3) is 0.552. The Morgan fingerprint density at radius 1 is 1.08 bits per heavy atom. The van der Waals surface area contributed by atoms with Crippen molar-refractivity contribution in [1.29, 1.82) is 0 Å². The van der Waals surface area contributed by atoms with Crippen molar-refractivity contribution in [3.05, 3.63) is 48.0 Å². The number of aliphatic carboxylic acids is 1. The molecule has 0 heterocycles. The number of benzene rings is 2. The van der Waals surface area contributed by atoms with Gasteiger partial charge in [0.1, 0.15) is 11.6 Å². The summed E-state index contributed by atoms with van der Waals surface area (Å²) in [7, 11) is 0. The molecule has 0 unspecified atom stereocenters. The Kier molecular flexibility index (Phi) is 12.4. The molecule has 0 radical (unpaired) electrons. The standard InChI is InChI=1S/C29H43N3O5S/c1-7-20(2)25(31-28(36)37-29(3,4)5)18-32(19-26(33)30-24(27(34)35)15-16-38-6)17-22-13-10-12-21-11-8-9-14-23(21)22/h8-14,20,24-25H,7,15-19H2,1-6H3,(H,30,33)(H,31,36)(H,34,35)/t20-,24-,25+/m0/s1. The Balaban J connectivity index is 2.31. The van der Waals surface area contributed by atoms with Gasteiger partial charge in [0.15, 0.2) is 0 Å². The van der Waals surface area contributed by atoms with Gasteiger partial charge in [-0.25, -0.2) is 9.59 Å². The van der Waals surface area contributed by atoms with Gasteiger partial charge < -0.3 is 20.5 Å². The fourth-order valence-corrected chi connectivity index (χ4v) is 4.65. The average molecular weight is 546 g/mol. The summed E-state index contributed by atoms with van der Waals surface area (Å²) in [5.74, 6) is -0.655. The molecule has 0 saturated carbocycles. The highest BCUT2D eigenvalue weighted by Crippen LogP contribution is 2.21. The molecule has 2 amide bonds. The van der Waals surface area contributed by atoms with E-state index in [0.29, 0.717) is 25.3 Å². The van der Waals surface area contributed by atoms with Gasteiger partial charge in [-0.3, -0.25) is 9.69 Å². The molecule has 0 aliphatic heterocycles. The molecule has 8 nitrogen and oxygen atoms in total. The lowest BCUT2D eigenvalue weighted by Gasteiger charge is -2.32. The van der Waals surface area contributed by atoms with Gasteiger partial charge in [-0.15, -0.1) is 0 Å². The van der Waals surface area contributed by atoms with E-state index >= 15 is 0 Å². The summed E-state index contributed by atoms with van der Waals surface area (Å²) in [5.41, 5.74) is 0.420. The highest BCUT2D eigenvalue weighted by atomic mass is 32.2. The van der Waals surface area contributed by atoms with Crippen molar-refractivity contribution in [2.45, 2.75) is 71.7 Å². The van der Waals surface area contributed by atoms with E-state index in [1.165, 1.54) is 11.8 Å². The highest BCUT2D eigenvalue weighted by molar-refractivity contribution is 7.98. The third-order valence-corrected chi connectivity index (χ3v) is 7.02. The van der Waals surface area contributed by atoms with Crippen LogP contribution in [0.3, 0.4) is 0 Å². The first kappa shape index (κ1) is 31.4. The second-order valence-electron chi connectivity index (χ2n) is 10.7. The smallest absolute Gasteiger partial charge is 0.407 e. The lowest BCUT2D eigenvalue weighted by molar-refractivity contribution is -0.142. The third-order valence-electron chi connectivity index (χ3n) is 6.37. The predicted octanol–water partition coefficient (Wildman–Crippen LogP) is 4.90. The maximum atomic E-state index is 13.1. The molecule has 2 aromatic rings. The molecular formula is C29H43N3O5S. The lowest BCUT2D eigenvalue weighted by Crippen LogP contribution is -2.51. The number of fused-ring (bicyclic) bond motifs is 1. The Morgan fingerprint density at radius 3 is 2.39 bits per heavy atom. The van der Waals surface area contributed by atoms with Crippen LogP contribution in [0.1, 0.15) is 53.0 Å². The molecule has 210 valence electrons. The lowest BCUT2D eigenvalue weighted by atomic mass is 9.98. The van der Waals surface area contributed by atoms with Gasteiger partial charge in [0.05, 0.1) is 6.54 Å². The Labute approximate surface area is 230 Å². The number of nitrogens with one attached hydrogen (secondary N) is 2. The topological polar surface area (TPSA) is 108 Å². The number of amides is 2. The van der Waals surface area contributed by atoms with Gasteiger partial charge in [0.2, 0.25) is 5.91 Å². The van der Waals surface area contributed by atoms with Crippen molar-refractivity contribution in [1.82, 2.24) is 15.5 Å². The number of alkyl carbamates (subject to hydrolysis) is 1. The molecule has 3 atom stereocenters. The highest BCUT2D eigenvalue weighted by Gasteiger charge is 2.27. The molecule has 0 aliphatic carbocycles. The Hall–Kier alpha value is -2.78. The van der Waals surface area contributed by atoms with E-state index in [2.05, 4.69) is 30.5 Å². The largest absolute Gasteiger partial charge is 0.480 e. The van der Waals surface area contributed by atoms with Crippen molar-refractivity contribution in [3.63, 3.8) is 0 Å². The summed E-state index contributed by atoms with van der Waals surface area (Å²) in [4.78, 5) is 39.4. The van der Waals surface area contributed by atoms with Crippen LogP contribution in [0.5, 0.6) is 0 Å². The molecule has 0 bridgehead atoms. The van der Waals surface area contributed by atoms with E-state index in [9.17, 15) is 19.5 Å². The fourth-order valence-electron chi connectivity index (χ4n) is 4.18. The number of carbonyl (C=O) groups is 3. The summed E-state index contributed by atoms with van der Waals surface area (Å²) in [6.45, 7) is 10.4. The normalized spacial score (nSPS) is 14.1. The van der Waals surface area contributed by atoms with Crippen molar-refractivity contribution in [2.75, 3.05) is 25.1 Å². The van der Waals surface area contributed by atoms with Crippen LogP contribution < -0.4 is 10.6 Å². The SMILES string of the molecule is CC[C@H](C)[C@@H](CN(CC(=O)N[C@@H](CCSC)C(=O)O)Cc1cccc2ccccc12)NC(=O)OC(C)(C)C. The van der Waals surface area contributed by atoms with Crippen LogP contribution in [0, 0.1) is 5.92 Å². The van der Waals surface area contributed by atoms with Crippen LogP contribution in [-0.2, 0) is 20.9 Å². The van der Waals surface area contributed by atoms with Crippen molar-refractivity contribution in [2.24, 2.45) is 5.92 Å². The van der Waals surface area contributed by atoms with Crippen LogP contribution >= 0.6 is 11.8 Å². The minimum absolute atomic E-state index is 0.00476. The minimum atomic E-state index is -1.04. The molecule has 0 spiro atoms. The molecule has 2 aromatic carbocycles. The molecule has 3 N–H and O–H groups in total. The predicted molar refractivity (Wildman–Crippen MR) is 154 cm³/mol. The van der Waals surface area contributed by atoms with Crippen LogP contribution in [-0.4, -0.2) is 70.8 Å². The number of carbonyl (C=O) groups excluding carboxylic acids is 2. The van der Waals surface area contributed by atoms with Crippen LogP contribution in [0.25, 0.3) is 10.8 Å². The second-order valence-corrected chi connectivity index (χ2v) is 11.7. The van der Waals surface area contributed by atoms with E-state index in [4.69, 9.17) is 4.74 Å². The van der Waals surface area contributed by atoms with Crippen LogP contribution in [0.15, 0.2) is 42.5 Å². The summed E-state index contributed by atoms with van der Waals surface area (Å²) in [6.07, 6.45) is 2.57. The third kappa shape index (κ3) is 10.5. The molecule has 38 heavy (non-hydrogen) atoms. The number of ether oxygens (including phenoxy) is 1.